The van der Waals surface area contributed by atoms with Crippen LogP contribution in [-0.2, 0) is 4.74 Å². The summed E-state index contributed by atoms with van der Waals surface area (Å²) in [5.74, 6) is -0.118. The van der Waals surface area contributed by atoms with Crippen molar-refractivity contribution in [2.75, 3.05) is 12.3 Å². The zero-order chi connectivity index (χ0) is 15.3. The molecule has 0 spiro atoms. The topological polar surface area (TPSA) is 191 Å². The van der Waals surface area contributed by atoms with E-state index >= 15 is 0 Å². The van der Waals surface area contributed by atoms with E-state index in [-0.39, 0.29) is 27.3 Å². The molecule has 0 bridgehead atoms. The van der Waals surface area contributed by atoms with Crippen molar-refractivity contribution in [1.29, 1.82) is 0 Å². The van der Waals surface area contributed by atoms with Crippen LogP contribution in [0.4, 0.5) is 5.95 Å². The molecule has 1 aliphatic rings. The number of nitrogens with two attached hydrogens (primary N) is 1. The summed E-state index contributed by atoms with van der Waals surface area (Å²) < 4.78 is 6.87. The Morgan fingerprint density at radius 3 is 2.64 bits per heavy atom. The number of ether oxygens (including phenoxy) is 1. The number of imidazole rings is 1. The normalized spacial score (nSPS) is 28.0. The zero-order valence-electron chi connectivity index (χ0n) is 11.0. The molecule has 4 atom stereocenters. The number of H-pyrrole nitrogens is 1. The van der Waals surface area contributed by atoms with Gasteiger partial charge in [-0.05, 0) is 15.9 Å². The van der Waals surface area contributed by atoms with Gasteiger partial charge in [-0.15, -0.1) is 0 Å². The highest BCUT2D eigenvalue weighted by molar-refractivity contribution is 9.10. The molecule has 1 aliphatic heterocycles. The molecular formula is C10H14BrN5O6. The summed E-state index contributed by atoms with van der Waals surface area (Å²) in [5, 5.41) is 29.0. The lowest BCUT2D eigenvalue weighted by Crippen LogP contribution is -2.33. The number of hydrogen-bond donors (Lipinski definition) is 5. The molecule has 22 heavy (non-hydrogen) atoms. The molecule has 0 amide bonds. The van der Waals surface area contributed by atoms with Gasteiger partial charge < -0.3 is 31.3 Å². The number of aliphatic hydroxyl groups excluding tert-OH is 3. The quantitative estimate of drug-likeness (QED) is 0.346. The Morgan fingerprint density at radius 2 is 2.05 bits per heavy atom. The number of fused-ring (bicyclic) bond motifs is 1. The highest BCUT2D eigenvalue weighted by atomic mass is 79.9. The third kappa shape index (κ3) is 2.39. The first-order valence-corrected chi connectivity index (χ1v) is 6.79. The predicted molar refractivity (Wildman–Crippen MR) is 76.9 cm³/mol. The van der Waals surface area contributed by atoms with Crippen LogP contribution < -0.4 is 11.3 Å². The van der Waals surface area contributed by atoms with E-state index in [2.05, 4.69) is 30.9 Å². The Kier molecular flexibility index (Phi) is 4.51. The first kappa shape index (κ1) is 16.8. The van der Waals surface area contributed by atoms with Gasteiger partial charge >= 0.3 is 0 Å². The van der Waals surface area contributed by atoms with E-state index in [0.717, 1.165) is 0 Å². The Hall–Kier alpha value is -1.57. The second-order valence-electron chi connectivity index (χ2n) is 4.60. The monoisotopic (exact) mass is 379 g/mol. The molecule has 2 aromatic rings. The number of nitrogens with zero attached hydrogens (tertiary/aromatic N) is 3. The fraction of sp³-hybridized carbons (Fsp3) is 0.500. The third-order valence-electron chi connectivity index (χ3n) is 3.30. The van der Waals surface area contributed by atoms with Crippen LogP contribution in [0.3, 0.4) is 0 Å². The number of hydrogen-bond acceptors (Lipinski definition) is 8. The van der Waals surface area contributed by atoms with E-state index in [4.69, 9.17) is 15.6 Å². The Bertz CT molecular complexity index is 747. The largest absolute Gasteiger partial charge is 0.412 e. The van der Waals surface area contributed by atoms with E-state index < -0.39 is 36.7 Å². The molecule has 4 unspecified atom stereocenters. The summed E-state index contributed by atoms with van der Waals surface area (Å²) in [6.07, 6.45) is -4.61. The molecule has 2 aromatic heterocycles. The van der Waals surface area contributed by atoms with Crippen LogP contribution in [0, 0.1) is 0 Å². The Labute approximate surface area is 130 Å². The van der Waals surface area contributed by atoms with E-state index in [1.54, 1.807) is 0 Å². The molecule has 0 radical (unpaired) electrons. The lowest BCUT2D eigenvalue weighted by Gasteiger charge is -2.17. The summed E-state index contributed by atoms with van der Waals surface area (Å²) >= 11 is 3.15. The van der Waals surface area contributed by atoms with Gasteiger partial charge in [-0.25, -0.2) is 4.98 Å². The molecule has 1 fully saturated rings. The van der Waals surface area contributed by atoms with Gasteiger partial charge in [0.05, 0.1) is 6.61 Å². The highest BCUT2D eigenvalue weighted by Gasteiger charge is 2.44. The van der Waals surface area contributed by atoms with Crippen LogP contribution in [0.5, 0.6) is 0 Å². The predicted octanol–water partition coefficient (Wildman–Crippen LogP) is -2.75. The van der Waals surface area contributed by atoms with Crippen LogP contribution in [0.1, 0.15) is 6.23 Å². The van der Waals surface area contributed by atoms with E-state index in [9.17, 15) is 15.0 Å². The lowest BCUT2D eigenvalue weighted by atomic mass is 10.1. The molecule has 0 aliphatic carbocycles. The number of rotatable bonds is 2. The van der Waals surface area contributed by atoms with Crippen LogP contribution >= 0.6 is 15.9 Å². The molecule has 11 nitrogen and oxygen atoms in total. The minimum atomic E-state index is -1.32. The molecule has 0 saturated carbocycles. The maximum atomic E-state index is 11.8. The van der Waals surface area contributed by atoms with Gasteiger partial charge in [-0.1, -0.05) is 0 Å². The summed E-state index contributed by atoms with van der Waals surface area (Å²) in [6.45, 7) is -0.463. The van der Waals surface area contributed by atoms with Crippen molar-refractivity contribution in [1.82, 2.24) is 19.5 Å². The molecule has 0 aromatic carbocycles. The lowest BCUT2D eigenvalue weighted by molar-refractivity contribution is -0.0521. The molecule has 12 heteroatoms. The van der Waals surface area contributed by atoms with Crippen LogP contribution in [0.25, 0.3) is 11.2 Å². The first-order valence-electron chi connectivity index (χ1n) is 5.99. The van der Waals surface area contributed by atoms with Crippen molar-refractivity contribution in [2.45, 2.75) is 24.5 Å². The Balaban J connectivity index is 0.00000176. The van der Waals surface area contributed by atoms with Crippen molar-refractivity contribution in [2.24, 2.45) is 0 Å². The molecule has 3 heterocycles. The summed E-state index contributed by atoms with van der Waals surface area (Å²) in [6, 6.07) is 0. The van der Waals surface area contributed by atoms with Gasteiger partial charge in [0.2, 0.25) is 5.95 Å². The second-order valence-corrected chi connectivity index (χ2v) is 5.31. The number of nitrogens with one attached hydrogen (secondary N) is 1. The maximum absolute atomic E-state index is 11.8. The SMILES string of the molecule is Nc1nc2c(nc(Br)n2C2OC(CO)C(O)C2O)c(=O)[nH]1.O. The van der Waals surface area contributed by atoms with Crippen molar-refractivity contribution < 1.29 is 25.5 Å². The summed E-state index contributed by atoms with van der Waals surface area (Å²) in [7, 11) is 0. The fourth-order valence-corrected chi connectivity index (χ4v) is 2.84. The van der Waals surface area contributed by atoms with Crippen molar-refractivity contribution in [3.63, 3.8) is 0 Å². The van der Waals surface area contributed by atoms with Gasteiger partial charge in [0, 0.05) is 0 Å². The average Bonchev–Trinajstić information content (AvgIpc) is 2.89. The molecule has 3 rings (SSSR count). The summed E-state index contributed by atoms with van der Waals surface area (Å²) in [5.41, 5.74) is 5.07. The number of aromatic amines is 1. The van der Waals surface area contributed by atoms with Gasteiger partial charge in [-0.3, -0.25) is 14.3 Å². The van der Waals surface area contributed by atoms with Gasteiger partial charge in [0.25, 0.3) is 5.56 Å². The number of aliphatic hydroxyl groups is 3. The Morgan fingerprint density at radius 1 is 1.36 bits per heavy atom. The highest BCUT2D eigenvalue weighted by Crippen LogP contribution is 2.33. The van der Waals surface area contributed by atoms with E-state index in [1.807, 2.05) is 0 Å². The van der Waals surface area contributed by atoms with E-state index in [1.165, 1.54) is 4.57 Å². The zero-order valence-corrected chi connectivity index (χ0v) is 12.6. The molecule has 8 N–H and O–H groups in total. The van der Waals surface area contributed by atoms with Crippen LogP contribution in [-0.4, -0.2) is 65.2 Å². The molecule has 1 saturated heterocycles. The fourth-order valence-electron chi connectivity index (χ4n) is 2.29. The molecular weight excluding hydrogens is 366 g/mol. The standard InChI is InChI=1S/C10H12BrN5O5.H2O/c11-9-13-3-6(14-10(12)15-7(3)20)16(9)8-5(19)4(18)2(1-17)21-8;/h2,4-5,8,17-19H,1H2,(H3,12,14,15,20);1H2. The van der Waals surface area contributed by atoms with Gasteiger partial charge in [0.15, 0.2) is 22.1 Å². The van der Waals surface area contributed by atoms with Crippen molar-refractivity contribution >= 4 is 33.0 Å². The molecule has 122 valence electrons. The van der Waals surface area contributed by atoms with Crippen molar-refractivity contribution in [3.8, 4) is 0 Å². The van der Waals surface area contributed by atoms with Gasteiger partial charge in [-0.2, -0.15) is 4.98 Å². The average molecular weight is 380 g/mol. The third-order valence-corrected chi connectivity index (χ3v) is 3.86. The summed E-state index contributed by atoms with van der Waals surface area (Å²) in [4.78, 5) is 22.0. The number of nitrogen functional groups attached to an aromatic ring is 1. The van der Waals surface area contributed by atoms with Crippen LogP contribution in [0.15, 0.2) is 9.53 Å². The second kappa shape index (κ2) is 5.91. The minimum absolute atomic E-state index is 0. The smallest absolute Gasteiger partial charge is 0.280 e. The van der Waals surface area contributed by atoms with Gasteiger partial charge in [0.1, 0.15) is 18.3 Å². The minimum Gasteiger partial charge on any atom is -0.412 e. The number of halogens is 1. The number of anilines is 1. The van der Waals surface area contributed by atoms with Crippen LogP contribution in [0.2, 0.25) is 0 Å². The number of aromatic nitrogens is 4. The van der Waals surface area contributed by atoms with E-state index in [0.29, 0.717) is 0 Å². The maximum Gasteiger partial charge on any atom is 0.280 e. The van der Waals surface area contributed by atoms with Crippen molar-refractivity contribution in [3.05, 3.63) is 15.1 Å². The first-order chi connectivity index (χ1) is 9.93.